The zero-order valence-corrected chi connectivity index (χ0v) is 23.4. The van der Waals surface area contributed by atoms with Gasteiger partial charge in [-0.05, 0) is 78.4 Å². The van der Waals surface area contributed by atoms with E-state index in [0.29, 0.717) is 28.3 Å². The quantitative estimate of drug-likeness (QED) is 0.143. The highest BCUT2D eigenvalue weighted by atomic mass is 35.5. The highest BCUT2D eigenvalue weighted by Gasteiger charge is 2.15. The second-order valence-corrected chi connectivity index (χ2v) is 10.1. The predicted octanol–water partition coefficient (Wildman–Crippen LogP) is 6.63. The molecule has 0 unspecified atom stereocenters. The van der Waals surface area contributed by atoms with Crippen molar-refractivity contribution in [2.75, 3.05) is 23.5 Å². The number of benzene rings is 4. The van der Waals surface area contributed by atoms with Crippen LogP contribution in [0.25, 0.3) is 6.08 Å². The minimum absolute atomic E-state index is 0.0556. The summed E-state index contributed by atoms with van der Waals surface area (Å²) in [5, 5.41) is 8.09. The summed E-state index contributed by atoms with van der Waals surface area (Å²) in [6, 6.07) is 26.5. The minimum Gasteiger partial charge on any atom is -0.497 e. The fourth-order valence-electron chi connectivity index (χ4n) is 3.56. The number of carbonyl (C=O) groups is 3. The van der Waals surface area contributed by atoms with Gasteiger partial charge in [-0.1, -0.05) is 41.9 Å². The highest BCUT2D eigenvalue weighted by Crippen LogP contribution is 2.23. The third kappa shape index (κ3) is 8.69. The average Bonchev–Trinajstić information content (AvgIpc) is 2.99. The van der Waals surface area contributed by atoms with E-state index >= 15 is 0 Å². The van der Waals surface area contributed by atoms with Gasteiger partial charge in [0.05, 0.1) is 17.9 Å². The minimum atomic E-state index is -0.562. The maximum Gasteiger partial charge on any atom is 0.272 e. The molecule has 0 heterocycles. The molecule has 0 bridgehead atoms. The van der Waals surface area contributed by atoms with Gasteiger partial charge in [-0.3, -0.25) is 14.4 Å². The molecular weight excluding hydrogens is 565 g/mol. The molecular formula is C31H25ClFN3O4S. The molecule has 0 radical (unpaired) electrons. The number of hydrogen-bond acceptors (Lipinski definition) is 5. The van der Waals surface area contributed by atoms with Crippen molar-refractivity contribution in [3.05, 3.63) is 125 Å². The van der Waals surface area contributed by atoms with Gasteiger partial charge < -0.3 is 20.7 Å². The summed E-state index contributed by atoms with van der Waals surface area (Å²) >= 11 is 7.04. The second kappa shape index (κ2) is 14.2. The Bertz CT molecular complexity index is 1560. The number of halogens is 2. The summed E-state index contributed by atoms with van der Waals surface area (Å²) in [5.74, 6) is -1.00. The van der Waals surface area contributed by atoms with E-state index in [4.69, 9.17) is 16.3 Å². The van der Waals surface area contributed by atoms with E-state index in [2.05, 4.69) is 16.0 Å². The van der Waals surface area contributed by atoms with Gasteiger partial charge in [0.1, 0.15) is 17.3 Å². The third-order valence-corrected chi connectivity index (χ3v) is 6.94. The predicted molar refractivity (Wildman–Crippen MR) is 161 cm³/mol. The molecule has 0 aliphatic carbocycles. The van der Waals surface area contributed by atoms with Gasteiger partial charge in [0.15, 0.2) is 0 Å². The molecule has 4 aromatic rings. The fraction of sp³-hybridized carbons (Fsp3) is 0.0645. The molecule has 10 heteroatoms. The van der Waals surface area contributed by atoms with Gasteiger partial charge in [-0.25, -0.2) is 4.39 Å². The Labute approximate surface area is 245 Å². The number of amides is 3. The zero-order valence-electron chi connectivity index (χ0n) is 21.8. The summed E-state index contributed by atoms with van der Waals surface area (Å²) in [7, 11) is 1.56. The van der Waals surface area contributed by atoms with Crippen molar-refractivity contribution in [2.45, 2.75) is 4.90 Å². The first-order valence-electron chi connectivity index (χ1n) is 12.3. The van der Waals surface area contributed by atoms with Crippen LogP contribution in [0.3, 0.4) is 0 Å². The normalized spacial score (nSPS) is 11.0. The maximum absolute atomic E-state index is 13.3. The van der Waals surface area contributed by atoms with Crippen molar-refractivity contribution in [2.24, 2.45) is 0 Å². The van der Waals surface area contributed by atoms with Gasteiger partial charge in [0, 0.05) is 21.8 Å². The molecule has 7 nitrogen and oxygen atoms in total. The molecule has 0 atom stereocenters. The van der Waals surface area contributed by atoms with Crippen molar-refractivity contribution >= 4 is 58.5 Å². The number of hydrogen-bond donors (Lipinski definition) is 3. The molecule has 41 heavy (non-hydrogen) atoms. The monoisotopic (exact) mass is 589 g/mol. The third-order valence-electron chi connectivity index (χ3n) is 5.64. The first kappa shape index (κ1) is 29.4. The van der Waals surface area contributed by atoms with Crippen LogP contribution in [0.5, 0.6) is 5.75 Å². The van der Waals surface area contributed by atoms with E-state index in [1.54, 1.807) is 92.0 Å². The second-order valence-electron chi connectivity index (χ2n) is 8.60. The average molecular weight is 590 g/mol. The van der Waals surface area contributed by atoms with Gasteiger partial charge in [0.25, 0.3) is 11.8 Å². The van der Waals surface area contributed by atoms with Crippen molar-refractivity contribution in [1.82, 2.24) is 5.32 Å². The molecule has 0 aliphatic rings. The molecule has 0 aliphatic heterocycles. The van der Waals surface area contributed by atoms with E-state index in [1.807, 2.05) is 0 Å². The van der Waals surface area contributed by atoms with E-state index in [1.165, 1.54) is 30.0 Å². The van der Waals surface area contributed by atoms with Crippen molar-refractivity contribution < 1.29 is 23.5 Å². The highest BCUT2D eigenvalue weighted by molar-refractivity contribution is 8.00. The zero-order chi connectivity index (χ0) is 29.2. The number of anilines is 2. The van der Waals surface area contributed by atoms with Gasteiger partial charge in [-0.15, -0.1) is 11.8 Å². The Balaban J connectivity index is 1.40. The smallest absolute Gasteiger partial charge is 0.272 e. The summed E-state index contributed by atoms with van der Waals surface area (Å²) < 4.78 is 18.5. The standard InChI is InChI=1S/C31H25ClFN3O4S/c1-40-24-12-7-20(8-13-24)17-28(36-30(38)21-5-3-2-4-6-21)31(39)35-22-9-14-25(15-10-22)41-19-29(37)34-23-11-16-27(33)26(32)18-23/h2-18H,19H2,1H3,(H,34,37)(H,35,39)(H,36,38)/b28-17-. The Morgan fingerprint density at radius 2 is 1.56 bits per heavy atom. The van der Waals surface area contributed by atoms with Crippen LogP contribution in [-0.4, -0.2) is 30.6 Å². The number of nitrogens with one attached hydrogen (secondary N) is 3. The van der Waals surface area contributed by atoms with E-state index in [-0.39, 0.29) is 22.4 Å². The summed E-state index contributed by atoms with van der Waals surface area (Å²) in [6.45, 7) is 0. The number of ether oxygens (including phenoxy) is 1. The lowest BCUT2D eigenvalue weighted by Crippen LogP contribution is -2.30. The van der Waals surface area contributed by atoms with E-state index in [9.17, 15) is 18.8 Å². The van der Waals surface area contributed by atoms with Gasteiger partial charge in [-0.2, -0.15) is 0 Å². The SMILES string of the molecule is COc1ccc(/C=C(\NC(=O)c2ccccc2)C(=O)Nc2ccc(SCC(=O)Nc3ccc(F)c(Cl)c3)cc2)cc1. The Kier molecular flexibility index (Phi) is 10.1. The van der Waals surface area contributed by atoms with Crippen LogP contribution in [0.1, 0.15) is 15.9 Å². The maximum atomic E-state index is 13.3. The van der Waals surface area contributed by atoms with Crippen molar-refractivity contribution in [1.29, 1.82) is 0 Å². The lowest BCUT2D eigenvalue weighted by molar-refractivity contribution is -0.114. The lowest BCUT2D eigenvalue weighted by atomic mass is 10.1. The summed E-state index contributed by atoms with van der Waals surface area (Å²) in [4.78, 5) is 39.1. The Morgan fingerprint density at radius 1 is 0.878 bits per heavy atom. The largest absolute Gasteiger partial charge is 0.497 e. The van der Waals surface area contributed by atoms with E-state index < -0.39 is 17.6 Å². The van der Waals surface area contributed by atoms with Gasteiger partial charge in [0.2, 0.25) is 5.91 Å². The van der Waals surface area contributed by atoms with Crippen LogP contribution in [0.2, 0.25) is 5.02 Å². The van der Waals surface area contributed by atoms with Crippen molar-refractivity contribution in [3.63, 3.8) is 0 Å². The molecule has 4 aromatic carbocycles. The Morgan fingerprint density at radius 3 is 2.22 bits per heavy atom. The van der Waals surface area contributed by atoms with Gasteiger partial charge >= 0.3 is 0 Å². The molecule has 0 spiro atoms. The number of carbonyl (C=O) groups excluding carboxylic acids is 3. The molecule has 3 amide bonds. The van der Waals surface area contributed by atoms with Crippen LogP contribution >= 0.6 is 23.4 Å². The topological polar surface area (TPSA) is 96.5 Å². The molecule has 0 aromatic heterocycles. The first-order chi connectivity index (χ1) is 19.8. The molecule has 0 fully saturated rings. The Hall–Kier alpha value is -4.60. The fourth-order valence-corrected chi connectivity index (χ4v) is 4.44. The number of thioether (sulfide) groups is 1. The van der Waals surface area contributed by atoms with Crippen LogP contribution in [-0.2, 0) is 9.59 Å². The van der Waals surface area contributed by atoms with Crippen LogP contribution in [0, 0.1) is 5.82 Å². The lowest BCUT2D eigenvalue weighted by Gasteiger charge is -2.12. The molecule has 3 N–H and O–H groups in total. The molecule has 0 saturated heterocycles. The van der Waals surface area contributed by atoms with E-state index in [0.717, 1.165) is 4.90 Å². The summed E-state index contributed by atoms with van der Waals surface area (Å²) in [5.41, 5.74) is 2.06. The molecule has 0 saturated carbocycles. The van der Waals surface area contributed by atoms with Crippen LogP contribution in [0.4, 0.5) is 15.8 Å². The first-order valence-corrected chi connectivity index (χ1v) is 13.7. The molecule has 208 valence electrons. The van der Waals surface area contributed by atoms with Crippen molar-refractivity contribution in [3.8, 4) is 5.75 Å². The summed E-state index contributed by atoms with van der Waals surface area (Å²) in [6.07, 6.45) is 1.58. The van der Waals surface area contributed by atoms with Crippen LogP contribution < -0.4 is 20.7 Å². The molecule has 4 rings (SSSR count). The van der Waals surface area contributed by atoms with Crippen LogP contribution in [0.15, 0.2) is 108 Å². The number of methoxy groups -OCH3 is 1. The number of rotatable bonds is 10.